The number of nitro benzene ring substituents is 1. The molecular formula is C13H16N2O5. The number of hydrogen-bond acceptors (Lipinski definition) is 5. The standard InChI is InChI=1S/C13H16N2O5/c1-2-14(12-8-20-7-11(12)13(16)17)9-4-3-5-10(6-9)15(18)19/h3-6,11-12H,2,7-8H2,1H3,(H,16,17). The molecule has 1 saturated heterocycles. The summed E-state index contributed by atoms with van der Waals surface area (Å²) in [6.45, 7) is 2.92. The average molecular weight is 280 g/mol. The number of ether oxygens (including phenoxy) is 1. The van der Waals surface area contributed by atoms with E-state index in [2.05, 4.69) is 0 Å². The van der Waals surface area contributed by atoms with Gasteiger partial charge in [-0.05, 0) is 13.0 Å². The number of non-ortho nitro benzene ring substituents is 1. The van der Waals surface area contributed by atoms with Gasteiger partial charge in [0.05, 0.1) is 24.2 Å². The third kappa shape index (κ3) is 2.72. The molecule has 2 atom stereocenters. The molecule has 0 saturated carbocycles. The number of nitrogens with zero attached hydrogens (tertiary/aromatic N) is 2. The van der Waals surface area contributed by atoms with Crippen LogP contribution in [-0.4, -0.2) is 41.8 Å². The Morgan fingerprint density at radius 2 is 2.30 bits per heavy atom. The molecule has 2 rings (SSSR count). The van der Waals surface area contributed by atoms with Crippen LogP contribution in [0.3, 0.4) is 0 Å². The second kappa shape index (κ2) is 5.87. The minimum atomic E-state index is -0.906. The summed E-state index contributed by atoms with van der Waals surface area (Å²) >= 11 is 0. The summed E-state index contributed by atoms with van der Waals surface area (Å²) in [5.41, 5.74) is 0.634. The van der Waals surface area contributed by atoms with Crippen molar-refractivity contribution in [1.82, 2.24) is 0 Å². The van der Waals surface area contributed by atoms with E-state index in [0.29, 0.717) is 18.8 Å². The van der Waals surface area contributed by atoms with Crippen LogP contribution >= 0.6 is 0 Å². The lowest BCUT2D eigenvalue weighted by Gasteiger charge is -2.31. The van der Waals surface area contributed by atoms with Gasteiger partial charge in [-0.25, -0.2) is 0 Å². The molecule has 1 aliphatic heterocycles. The van der Waals surface area contributed by atoms with Crippen LogP contribution in [0.15, 0.2) is 24.3 Å². The maximum Gasteiger partial charge on any atom is 0.311 e. The number of anilines is 1. The smallest absolute Gasteiger partial charge is 0.311 e. The van der Waals surface area contributed by atoms with Crippen LogP contribution in [-0.2, 0) is 9.53 Å². The van der Waals surface area contributed by atoms with Crippen molar-refractivity contribution in [2.75, 3.05) is 24.7 Å². The number of nitro groups is 1. The molecule has 1 aromatic carbocycles. The molecule has 0 aliphatic carbocycles. The molecule has 108 valence electrons. The van der Waals surface area contributed by atoms with E-state index in [1.807, 2.05) is 11.8 Å². The van der Waals surface area contributed by atoms with E-state index in [9.17, 15) is 20.0 Å². The summed E-state index contributed by atoms with van der Waals surface area (Å²) < 4.78 is 5.26. The minimum absolute atomic E-state index is 0.00765. The van der Waals surface area contributed by atoms with Gasteiger partial charge in [-0.2, -0.15) is 0 Å². The van der Waals surface area contributed by atoms with Crippen molar-refractivity contribution in [1.29, 1.82) is 0 Å². The Morgan fingerprint density at radius 1 is 1.55 bits per heavy atom. The number of carbonyl (C=O) groups is 1. The Bertz CT molecular complexity index is 519. The van der Waals surface area contributed by atoms with Crippen LogP contribution < -0.4 is 4.90 Å². The lowest BCUT2D eigenvalue weighted by Crippen LogP contribution is -2.43. The molecule has 7 nitrogen and oxygen atoms in total. The highest BCUT2D eigenvalue weighted by molar-refractivity contribution is 5.72. The Kier molecular flexibility index (Phi) is 4.19. The number of benzene rings is 1. The third-order valence-corrected chi connectivity index (χ3v) is 3.48. The molecule has 2 unspecified atom stereocenters. The first-order chi connectivity index (χ1) is 9.54. The van der Waals surface area contributed by atoms with Gasteiger partial charge >= 0.3 is 5.97 Å². The predicted octanol–water partition coefficient (Wildman–Crippen LogP) is 1.52. The number of carboxylic acid groups (broad SMARTS) is 1. The van der Waals surface area contributed by atoms with Gasteiger partial charge in [-0.1, -0.05) is 6.07 Å². The first-order valence-corrected chi connectivity index (χ1v) is 6.36. The fourth-order valence-electron chi connectivity index (χ4n) is 2.48. The lowest BCUT2D eigenvalue weighted by atomic mass is 10.0. The van der Waals surface area contributed by atoms with Crippen molar-refractivity contribution in [3.63, 3.8) is 0 Å². The Labute approximate surface area is 115 Å². The van der Waals surface area contributed by atoms with Crippen LogP contribution in [0.4, 0.5) is 11.4 Å². The Morgan fingerprint density at radius 3 is 2.90 bits per heavy atom. The van der Waals surface area contributed by atoms with Gasteiger partial charge < -0.3 is 14.7 Å². The molecule has 1 aliphatic rings. The van der Waals surface area contributed by atoms with Gasteiger partial charge in [0.25, 0.3) is 5.69 Å². The molecule has 1 N–H and O–H groups in total. The molecular weight excluding hydrogens is 264 g/mol. The molecule has 1 aromatic rings. The monoisotopic (exact) mass is 280 g/mol. The highest BCUT2D eigenvalue weighted by Crippen LogP contribution is 2.28. The summed E-state index contributed by atoms with van der Waals surface area (Å²) in [5, 5.41) is 20.0. The molecule has 7 heteroatoms. The minimum Gasteiger partial charge on any atom is -0.481 e. The van der Waals surface area contributed by atoms with Gasteiger partial charge in [0.1, 0.15) is 5.92 Å². The Balaban J connectivity index is 2.30. The first kappa shape index (κ1) is 14.3. The van der Waals surface area contributed by atoms with Crippen molar-refractivity contribution in [3.05, 3.63) is 34.4 Å². The number of rotatable bonds is 5. The maximum atomic E-state index is 11.2. The van der Waals surface area contributed by atoms with Crippen LogP contribution in [0.2, 0.25) is 0 Å². The van der Waals surface area contributed by atoms with E-state index >= 15 is 0 Å². The maximum absolute atomic E-state index is 11.2. The molecule has 0 spiro atoms. The van der Waals surface area contributed by atoms with Gasteiger partial charge in [-0.15, -0.1) is 0 Å². The van der Waals surface area contributed by atoms with Crippen LogP contribution in [0, 0.1) is 16.0 Å². The highest BCUT2D eigenvalue weighted by atomic mass is 16.6. The largest absolute Gasteiger partial charge is 0.481 e. The zero-order valence-electron chi connectivity index (χ0n) is 11.1. The van der Waals surface area contributed by atoms with E-state index < -0.39 is 16.8 Å². The second-order valence-electron chi connectivity index (χ2n) is 4.61. The van der Waals surface area contributed by atoms with E-state index in [-0.39, 0.29) is 18.3 Å². The highest BCUT2D eigenvalue weighted by Gasteiger charge is 2.37. The lowest BCUT2D eigenvalue weighted by molar-refractivity contribution is -0.384. The molecule has 1 heterocycles. The molecule has 20 heavy (non-hydrogen) atoms. The molecule has 0 radical (unpaired) electrons. The third-order valence-electron chi connectivity index (χ3n) is 3.48. The van der Waals surface area contributed by atoms with E-state index in [1.54, 1.807) is 12.1 Å². The summed E-state index contributed by atoms with van der Waals surface area (Å²) in [7, 11) is 0. The molecule has 0 aromatic heterocycles. The zero-order chi connectivity index (χ0) is 14.7. The van der Waals surface area contributed by atoms with Crippen molar-refractivity contribution in [3.8, 4) is 0 Å². The average Bonchev–Trinajstić information content (AvgIpc) is 2.89. The van der Waals surface area contributed by atoms with Crippen molar-refractivity contribution < 1.29 is 19.6 Å². The van der Waals surface area contributed by atoms with Crippen LogP contribution in [0.1, 0.15) is 6.92 Å². The fraction of sp³-hybridized carbons (Fsp3) is 0.462. The second-order valence-corrected chi connectivity index (χ2v) is 4.61. The quantitative estimate of drug-likeness (QED) is 0.649. The number of aliphatic carboxylic acids is 1. The van der Waals surface area contributed by atoms with Crippen molar-refractivity contribution >= 4 is 17.3 Å². The summed E-state index contributed by atoms with van der Waals surface area (Å²) in [5.74, 6) is -1.52. The summed E-state index contributed by atoms with van der Waals surface area (Å²) in [6.07, 6.45) is 0. The number of hydrogen-bond donors (Lipinski definition) is 1. The summed E-state index contributed by atoms with van der Waals surface area (Å²) in [6, 6.07) is 5.91. The van der Waals surface area contributed by atoms with Gasteiger partial charge in [0.15, 0.2) is 0 Å². The van der Waals surface area contributed by atoms with Gasteiger partial charge in [0, 0.05) is 24.4 Å². The van der Waals surface area contributed by atoms with Crippen LogP contribution in [0.25, 0.3) is 0 Å². The van der Waals surface area contributed by atoms with Crippen molar-refractivity contribution in [2.45, 2.75) is 13.0 Å². The first-order valence-electron chi connectivity index (χ1n) is 6.36. The predicted molar refractivity (Wildman–Crippen MR) is 71.8 cm³/mol. The number of carboxylic acids is 1. The van der Waals surface area contributed by atoms with Crippen LogP contribution in [0.5, 0.6) is 0 Å². The molecule has 1 fully saturated rings. The number of likely N-dealkylation sites (N-methyl/N-ethyl adjacent to an activating group) is 1. The zero-order valence-corrected chi connectivity index (χ0v) is 11.1. The fourth-order valence-corrected chi connectivity index (χ4v) is 2.48. The van der Waals surface area contributed by atoms with E-state index in [4.69, 9.17) is 4.74 Å². The van der Waals surface area contributed by atoms with Crippen molar-refractivity contribution in [2.24, 2.45) is 5.92 Å². The molecule has 0 bridgehead atoms. The normalized spacial score (nSPS) is 21.6. The topological polar surface area (TPSA) is 92.9 Å². The Hall–Kier alpha value is -2.15. The SMILES string of the molecule is CCN(c1cccc([N+](=O)[O-])c1)C1COCC1C(=O)O. The summed E-state index contributed by atoms with van der Waals surface area (Å²) in [4.78, 5) is 23.4. The van der Waals surface area contributed by atoms with E-state index in [0.717, 1.165) is 0 Å². The van der Waals surface area contributed by atoms with Gasteiger partial charge in [-0.3, -0.25) is 14.9 Å². The van der Waals surface area contributed by atoms with E-state index in [1.165, 1.54) is 12.1 Å². The van der Waals surface area contributed by atoms with Gasteiger partial charge in [0.2, 0.25) is 0 Å². The molecule has 0 amide bonds.